The van der Waals surface area contributed by atoms with Gasteiger partial charge in [-0.25, -0.2) is 5.01 Å². The van der Waals surface area contributed by atoms with Crippen LogP contribution in [-0.2, 0) is 4.79 Å². The Balaban J connectivity index is 0. The van der Waals surface area contributed by atoms with Crippen LogP contribution in [0.1, 0.15) is 91.4 Å². The van der Waals surface area contributed by atoms with Crippen LogP contribution in [0.25, 0.3) is 0 Å². The lowest BCUT2D eigenvalue weighted by molar-refractivity contribution is -0.180. The van der Waals surface area contributed by atoms with Gasteiger partial charge in [-0.1, -0.05) is 78.2 Å². The molecule has 0 N–H and O–H groups in total. The summed E-state index contributed by atoms with van der Waals surface area (Å²) in [6.45, 7) is 11.6. The number of hydrazine groups is 2. The standard InChI is InChI=1S/C21H43N3O.ClH/c1-7-9-10-11-12-13-14-15-16-17-19-24(22(5)6)23(18-8-2)21(25)20(3)4;/h3,7-19H2,1-2,4-6H3;1H. The molecular weight excluding hydrogens is 346 g/mol. The minimum atomic E-state index is 0. The van der Waals surface area contributed by atoms with Crippen molar-refractivity contribution in [3.8, 4) is 0 Å². The van der Waals surface area contributed by atoms with Gasteiger partial charge in [-0.05, 0) is 19.8 Å². The van der Waals surface area contributed by atoms with E-state index in [0.717, 1.165) is 25.9 Å². The molecule has 0 fully saturated rings. The summed E-state index contributed by atoms with van der Waals surface area (Å²) in [6.07, 6.45) is 14.2. The molecule has 0 aliphatic carbocycles. The van der Waals surface area contributed by atoms with Crippen molar-refractivity contribution in [1.29, 1.82) is 0 Å². The number of halogens is 1. The molecular formula is C21H44ClN3O. The third kappa shape index (κ3) is 12.7. The van der Waals surface area contributed by atoms with E-state index in [0.29, 0.717) is 5.57 Å². The molecule has 4 nitrogen and oxygen atoms in total. The monoisotopic (exact) mass is 389 g/mol. The fourth-order valence-corrected chi connectivity index (χ4v) is 3.03. The third-order valence-electron chi connectivity index (χ3n) is 4.49. The first kappa shape index (κ1) is 27.6. The van der Waals surface area contributed by atoms with Crippen molar-refractivity contribution in [2.24, 2.45) is 0 Å². The van der Waals surface area contributed by atoms with Crippen LogP contribution < -0.4 is 0 Å². The highest BCUT2D eigenvalue weighted by Gasteiger charge is 2.22. The lowest BCUT2D eigenvalue weighted by atomic mass is 10.1. The Hall–Kier alpha value is -0.580. The van der Waals surface area contributed by atoms with Crippen LogP contribution in [0.15, 0.2) is 12.2 Å². The van der Waals surface area contributed by atoms with E-state index in [-0.39, 0.29) is 18.3 Å². The first-order chi connectivity index (χ1) is 12.0. The summed E-state index contributed by atoms with van der Waals surface area (Å²) in [5.41, 5.74) is 0.600. The summed E-state index contributed by atoms with van der Waals surface area (Å²) in [4.78, 5) is 12.4. The summed E-state index contributed by atoms with van der Waals surface area (Å²) < 4.78 is 0. The van der Waals surface area contributed by atoms with E-state index >= 15 is 0 Å². The lowest BCUT2D eigenvalue weighted by Crippen LogP contribution is -2.53. The van der Waals surface area contributed by atoms with Gasteiger partial charge >= 0.3 is 0 Å². The average Bonchev–Trinajstić information content (AvgIpc) is 2.57. The molecule has 5 heteroatoms. The number of carbonyl (C=O) groups excluding carboxylic acids is 1. The summed E-state index contributed by atoms with van der Waals surface area (Å²) in [5.74, 6) is 0.0302. The van der Waals surface area contributed by atoms with Crippen LogP contribution in [0.4, 0.5) is 0 Å². The largest absolute Gasteiger partial charge is 0.268 e. The number of unbranched alkanes of at least 4 members (excludes halogenated alkanes) is 9. The number of hydrogen-bond donors (Lipinski definition) is 0. The van der Waals surface area contributed by atoms with Crippen molar-refractivity contribution < 1.29 is 4.79 Å². The van der Waals surface area contributed by atoms with E-state index in [9.17, 15) is 4.79 Å². The maximum atomic E-state index is 12.4. The Kier molecular flexibility index (Phi) is 18.9. The molecule has 0 spiro atoms. The van der Waals surface area contributed by atoms with Crippen molar-refractivity contribution in [2.45, 2.75) is 91.4 Å². The zero-order chi connectivity index (χ0) is 19.1. The van der Waals surface area contributed by atoms with E-state index in [1.54, 1.807) is 6.92 Å². The summed E-state index contributed by atoms with van der Waals surface area (Å²) in [7, 11) is 4.01. The van der Waals surface area contributed by atoms with Crippen LogP contribution in [0.3, 0.4) is 0 Å². The normalized spacial score (nSPS) is 10.9. The van der Waals surface area contributed by atoms with E-state index < -0.39 is 0 Å². The second-order valence-corrected chi connectivity index (χ2v) is 7.33. The minimum absolute atomic E-state index is 0. The lowest BCUT2D eigenvalue weighted by Gasteiger charge is -2.39. The van der Waals surface area contributed by atoms with Gasteiger partial charge in [0.05, 0.1) is 0 Å². The zero-order valence-corrected chi connectivity index (χ0v) is 18.9. The van der Waals surface area contributed by atoms with Crippen LogP contribution in [-0.4, -0.2) is 48.2 Å². The van der Waals surface area contributed by atoms with Gasteiger partial charge in [0.2, 0.25) is 0 Å². The van der Waals surface area contributed by atoms with Crippen molar-refractivity contribution in [1.82, 2.24) is 15.1 Å². The second-order valence-electron chi connectivity index (χ2n) is 7.33. The van der Waals surface area contributed by atoms with Gasteiger partial charge in [-0.15, -0.1) is 12.4 Å². The molecule has 0 aliphatic rings. The Morgan fingerprint density at radius 2 is 1.23 bits per heavy atom. The molecule has 26 heavy (non-hydrogen) atoms. The third-order valence-corrected chi connectivity index (χ3v) is 4.49. The molecule has 0 heterocycles. The molecule has 0 atom stereocenters. The van der Waals surface area contributed by atoms with Gasteiger partial charge < -0.3 is 0 Å². The molecule has 0 radical (unpaired) electrons. The van der Waals surface area contributed by atoms with Gasteiger partial charge in [0.15, 0.2) is 0 Å². The van der Waals surface area contributed by atoms with Crippen molar-refractivity contribution in [3.63, 3.8) is 0 Å². The van der Waals surface area contributed by atoms with Crippen LogP contribution >= 0.6 is 12.4 Å². The van der Waals surface area contributed by atoms with Crippen LogP contribution in [0.2, 0.25) is 0 Å². The maximum absolute atomic E-state index is 12.4. The van der Waals surface area contributed by atoms with Crippen LogP contribution in [0.5, 0.6) is 0 Å². The van der Waals surface area contributed by atoms with Gasteiger partial charge in [0.1, 0.15) is 0 Å². The highest BCUT2D eigenvalue weighted by Crippen LogP contribution is 2.13. The molecule has 0 aromatic rings. The molecule has 156 valence electrons. The summed E-state index contributed by atoms with van der Waals surface area (Å²) in [6, 6.07) is 0. The Morgan fingerprint density at radius 3 is 1.62 bits per heavy atom. The predicted molar refractivity (Wildman–Crippen MR) is 116 cm³/mol. The molecule has 0 bridgehead atoms. The second kappa shape index (κ2) is 17.8. The molecule has 0 aromatic carbocycles. The van der Waals surface area contributed by atoms with E-state index in [2.05, 4.69) is 25.5 Å². The minimum Gasteiger partial charge on any atom is -0.268 e. The molecule has 0 saturated heterocycles. The first-order valence-corrected chi connectivity index (χ1v) is 10.4. The first-order valence-electron chi connectivity index (χ1n) is 10.4. The van der Waals surface area contributed by atoms with Crippen LogP contribution in [0, 0.1) is 0 Å². The number of hydrogen-bond acceptors (Lipinski definition) is 3. The Morgan fingerprint density at radius 1 is 0.769 bits per heavy atom. The number of rotatable bonds is 16. The highest BCUT2D eigenvalue weighted by molar-refractivity contribution is 5.91. The number of amides is 1. The summed E-state index contributed by atoms with van der Waals surface area (Å²) in [5, 5.41) is 5.94. The Labute approximate surface area is 169 Å². The van der Waals surface area contributed by atoms with Gasteiger partial charge in [0, 0.05) is 32.8 Å². The topological polar surface area (TPSA) is 26.8 Å². The van der Waals surface area contributed by atoms with Crippen molar-refractivity contribution in [2.75, 3.05) is 27.2 Å². The molecule has 1 amide bonds. The predicted octanol–water partition coefficient (Wildman–Crippen LogP) is 5.84. The molecule has 0 aliphatic heterocycles. The van der Waals surface area contributed by atoms with E-state index in [1.165, 1.54) is 57.8 Å². The molecule has 0 saturated carbocycles. The maximum Gasteiger partial charge on any atom is 0.264 e. The SMILES string of the molecule is C=C(C)C(=O)N(CCC)N(CCCCCCCCCCCC)N(C)C.Cl. The van der Waals surface area contributed by atoms with E-state index in [1.807, 2.05) is 24.1 Å². The van der Waals surface area contributed by atoms with E-state index in [4.69, 9.17) is 0 Å². The van der Waals surface area contributed by atoms with Gasteiger partial charge in [-0.2, -0.15) is 5.12 Å². The molecule has 0 aromatic heterocycles. The number of carbonyl (C=O) groups is 1. The molecule has 0 unspecified atom stereocenters. The number of nitrogens with zero attached hydrogens (tertiary/aromatic N) is 3. The quantitative estimate of drug-likeness (QED) is 0.188. The smallest absolute Gasteiger partial charge is 0.264 e. The van der Waals surface area contributed by atoms with Crippen molar-refractivity contribution in [3.05, 3.63) is 12.2 Å². The van der Waals surface area contributed by atoms with Gasteiger partial charge in [-0.3, -0.25) is 9.80 Å². The Bertz CT molecular complexity index is 361. The van der Waals surface area contributed by atoms with Crippen molar-refractivity contribution >= 4 is 18.3 Å². The fraction of sp³-hybridized carbons (Fsp3) is 0.857. The fourth-order valence-electron chi connectivity index (χ4n) is 3.03. The highest BCUT2D eigenvalue weighted by atomic mass is 35.5. The zero-order valence-electron chi connectivity index (χ0n) is 18.1. The summed E-state index contributed by atoms with van der Waals surface area (Å²) >= 11 is 0. The molecule has 0 rings (SSSR count). The average molecular weight is 390 g/mol. The van der Waals surface area contributed by atoms with Gasteiger partial charge in [0.25, 0.3) is 5.91 Å².